The number of carboxylic acids is 1. The summed E-state index contributed by atoms with van der Waals surface area (Å²) in [5.41, 5.74) is 1.20. The van der Waals surface area contributed by atoms with Crippen molar-refractivity contribution in [3.05, 3.63) is 22.2 Å². The zero-order valence-corrected chi connectivity index (χ0v) is 15.4. The lowest BCUT2D eigenvalue weighted by molar-refractivity contribution is -0.138. The van der Waals surface area contributed by atoms with Gasteiger partial charge < -0.3 is 14.6 Å². The van der Waals surface area contributed by atoms with Crippen LogP contribution in [0.25, 0.3) is 0 Å². The second-order valence-corrected chi connectivity index (χ2v) is 7.34. The fourth-order valence-corrected chi connectivity index (χ4v) is 4.05. The molecule has 1 aromatic rings. The largest absolute Gasteiger partial charge is 0.480 e. The maximum atomic E-state index is 10.9. The predicted octanol–water partition coefficient (Wildman–Crippen LogP) is 2.55. The highest BCUT2D eigenvalue weighted by Crippen LogP contribution is 2.40. The number of likely N-dealkylation sites (N-methyl/N-ethyl adjacent to an activating group) is 1. The standard InChI is InChI=1S/C17H23BrN2O4/c1-19(10-16(21)22)13-3-2-5-20(6-4-13)9-12-7-14(18)17-15(8-12)23-11-24-17/h7-8,13H,2-6,9-11H2,1H3,(H,21,22). The number of hydrogen-bond donors (Lipinski definition) is 1. The van der Waals surface area contributed by atoms with E-state index in [0.717, 1.165) is 54.9 Å². The zero-order chi connectivity index (χ0) is 17.1. The number of rotatable bonds is 5. The normalized spacial score (nSPS) is 21.0. The average Bonchev–Trinajstić information content (AvgIpc) is 2.86. The Kier molecular flexibility index (Phi) is 5.63. The van der Waals surface area contributed by atoms with Gasteiger partial charge in [-0.15, -0.1) is 0 Å². The molecule has 1 fully saturated rings. The van der Waals surface area contributed by atoms with Crippen LogP contribution in [0.1, 0.15) is 24.8 Å². The average molecular weight is 399 g/mol. The minimum absolute atomic E-state index is 0.111. The third-order valence-electron chi connectivity index (χ3n) is 4.69. The number of aliphatic carboxylic acids is 1. The molecule has 2 aliphatic heterocycles. The molecule has 0 spiro atoms. The Morgan fingerprint density at radius 1 is 1.38 bits per heavy atom. The number of ether oxygens (including phenoxy) is 2. The number of fused-ring (bicyclic) bond motifs is 1. The van der Waals surface area contributed by atoms with Crippen molar-refractivity contribution in [2.75, 3.05) is 33.5 Å². The van der Waals surface area contributed by atoms with Gasteiger partial charge in [-0.2, -0.15) is 0 Å². The van der Waals surface area contributed by atoms with Gasteiger partial charge in [0.15, 0.2) is 11.5 Å². The number of carbonyl (C=O) groups is 1. The van der Waals surface area contributed by atoms with Gasteiger partial charge in [0.25, 0.3) is 0 Å². The maximum Gasteiger partial charge on any atom is 0.317 e. The topological polar surface area (TPSA) is 62.2 Å². The van der Waals surface area contributed by atoms with Crippen LogP contribution in [-0.4, -0.2) is 60.4 Å². The third-order valence-corrected chi connectivity index (χ3v) is 5.28. The molecule has 0 radical (unpaired) electrons. The van der Waals surface area contributed by atoms with Gasteiger partial charge >= 0.3 is 5.97 Å². The lowest BCUT2D eigenvalue weighted by Crippen LogP contribution is -2.36. The van der Waals surface area contributed by atoms with Crippen LogP contribution in [0.2, 0.25) is 0 Å². The Labute approximate surface area is 150 Å². The molecule has 6 nitrogen and oxygen atoms in total. The van der Waals surface area contributed by atoms with E-state index in [2.05, 4.69) is 26.9 Å². The van der Waals surface area contributed by atoms with Crippen molar-refractivity contribution in [3.8, 4) is 11.5 Å². The number of nitrogens with zero attached hydrogens (tertiary/aromatic N) is 2. The van der Waals surface area contributed by atoms with E-state index >= 15 is 0 Å². The molecule has 2 heterocycles. The van der Waals surface area contributed by atoms with E-state index in [1.807, 2.05) is 18.0 Å². The highest BCUT2D eigenvalue weighted by molar-refractivity contribution is 9.10. The van der Waals surface area contributed by atoms with E-state index in [9.17, 15) is 4.79 Å². The summed E-state index contributed by atoms with van der Waals surface area (Å²) in [6.45, 7) is 3.26. The number of benzene rings is 1. The quantitative estimate of drug-likeness (QED) is 0.821. The molecule has 1 N–H and O–H groups in total. The van der Waals surface area contributed by atoms with Crippen molar-refractivity contribution in [3.63, 3.8) is 0 Å². The van der Waals surface area contributed by atoms with E-state index in [-0.39, 0.29) is 13.3 Å². The van der Waals surface area contributed by atoms with Crippen LogP contribution >= 0.6 is 15.9 Å². The van der Waals surface area contributed by atoms with Gasteiger partial charge in [-0.3, -0.25) is 14.6 Å². The molecule has 2 aliphatic rings. The Morgan fingerprint density at radius 2 is 2.21 bits per heavy atom. The first-order valence-electron chi connectivity index (χ1n) is 8.25. The molecule has 7 heteroatoms. The predicted molar refractivity (Wildman–Crippen MR) is 93.4 cm³/mol. The molecule has 0 aliphatic carbocycles. The molecule has 0 amide bonds. The molecule has 132 valence electrons. The third kappa shape index (κ3) is 4.20. The number of halogens is 1. The Bertz CT molecular complexity index is 610. The smallest absolute Gasteiger partial charge is 0.317 e. The summed E-state index contributed by atoms with van der Waals surface area (Å²) in [7, 11) is 1.91. The van der Waals surface area contributed by atoms with Crippen molar-refractivity contribution in [2.45, 2.75) is 31.8 Å². The summed E-state index contributed by atoms with van der Waals surface area (Å²) in [5.74, 6) is 0.821. The Balaban J connectivity index is 1.59. The van der Waals surface area contributed by atoms with Crippen LogP contribution < -0.4 is 9.47 Å². The minimum Gasteiger partial charge on any atom is -0.480 e. The van der Waals surface area contributed by atoms with E-state index in [4.69, 9.17) is 14.6 Å². The van der Waals surface area contributed by atoms with Crippen LogP contribution in [0, 0.1) is 0 Å². The zero-order valence-electron chi connectivity index (χ0n) is 13.8. The molecule has 1 unspecified atom stereocenters. The van der Waals surface area contributed by atoms with Crippen LogP contribution in [0.3, 0.4) is 0 Å². The van der Waals surface area contributed by atoms with Gasteiger partial charge in [0.05, 0.1) is 11.0 Å². The maximum absolute atomic E-state index is 10.9. The molecular weight excluding hydrogens is 376 g/mol. The van der Waals surface area contributed by atoms with Gasteiger partial charge in [-0.25, -0.2) is 0 Å². The first-order chi connectivity index (χ1) is 11.5. The number of carboxylic acid groups (broad SMARTS) is 1. The highest BCUT2D eigenvalue weighted by atomic mass is 79.9. The summed E-state index contributed by atoms with van der Waals surface area (Å²) in [4.78, 5) is 15.3. The van der Waals surface area contributed by atoms with E-state index in [0.29, 0.717) is 6.04 Å². The summed E-state index contributed by atoms with van der Waals surface area (Å²) < 4.78 is 11.8. The Hall–Kier alpha value is -1.31. The van der Waals surface area contributed by atoms with Gasteiger partial charge in [-0.05, 0) is 73.0 Å². The van der Waals surface area contributed by atoms with Crippen LogP contribution in [0.15, 0.2) is 16.6 Å². The van der Waals surface area contributed by atoms with Crippen LogP contribution in [0.5, 0.6) is 11.5 Å². The fraction of sp³-hybridized carbons (Fsp3) is 0.588. The van der Waals surface area contributed by atoms with E-state index < -0.39 is 5.97 Å². The molecule has 0 aromatic heterocycles. The number of likely N-dealkylation sites (tertiary alicyclic amines) is 1. The highest BCUT2D eigenvalue weighted by Gasteiger charge is 2.23. The monoisotopic (exact) mass is 398 g/mol. The first-order valence-corrected chi connectivity index (χ1v) is 9.04. The van der Waals surface area contributed by atoms with E-state index in [1.54, 1.807) is 0 Å². The summed E-state index contributed by atoms with van der Waals surface area (Å²) in [5, 5.41) is 8.96. The van der Waals surface area contributed by atoms with Crippen molar-refractivity contribution in [2.24, 2.45) is 0 Å². The van der Waals surface area contributed by atoms with Gasteiger partial charge in [0.1, 0.15) is 0 Å². The van der Waals surface area contributed by atoms with Crippen LogP contribution in [-0.2, 0) is 11.3 Å². The second kappa shape index (κ2) is 7.72. The molecule has 1 saturated heterocycles. The molecule has 0 bridgehead atoms. The van der Waals surface area contributed by atoms with Crippen molar-refractivity contribution in [1.29, 1.82) is 0 Å². The summed E-state index contributed by atoms with van der Waals surface area (Å²) in [6, 6.07) is 4.48. The summed E-state index contributed by atoms with van der Waals surface area (Å²) in [6.07, 6.45) is 3.13. The molecule has 1 atom stereocenters. The van der Waals surface area contributed by atoms with Crippen LogP contribution in [0.4, 0.5) is 0 Å². The lowest BCUT2D eigenvalue weighted by Gasteiger charge is -2.25. The van der Waals surface area contributed by atoms with Gasteiger partial charge in [0.2, 0.25) is 6.79 Å². The van der Waals surface area contributed by atoms with Gasteiger partial charge in [-0.1, -0.05) is 0 Å². The molecule has 0 saturated carbocycles. The lowest BCUT2D eigenvalue weighted by atomic mass is 10.1. The summed E-state index contributed by atoms with van der Waals surface area (Å²) >= 11 is 3.54. The molecule has 3 rings (SSSR count). The minimum atomic E-state index is -0.760. The molecule has 24 heavy (non-hydrogen) atoms. The van der Waals surface area contributed by atoms with Crippen molar-refractivity contribution in [1.82, 2.24) is 9.80 Å². The fourth-order valence-electron chi connectivity index (χ4n) is 3.45. The Morgan fingerprint density at radius 3 is 3.00 bits per heavy atom. The SMILES string of the molecule is CN(CC(=O)O)C1CCCN(Cc2cc(Br)c3c(c2)OCO3)CC1. The van der Waals surface area contributed by atoms with E-state index in [1.165, 1.54) is 5.56 Å². The first kappa shape index (κ1) is 17.5. The molecular formula is C17H23BrN2O4. The second-order valence-electron chi connectivity index (χ2n) is 6.48. The van der Waals surface area contributed by atoms with Gasteiger partial charge in [0, 0.05) is 12.6 Å². The molecule has 1 aromatic carbocycles. The van der Waals surface area contributed by atoms with Crippen molar-refractivity contribution < 1.29 is 19.4 Å². The number of hydrogen-bond acceptors (Lipinski definition) is 5. The van der Waals surface area contributed by atoms with Crippen molar-refractivity contribution >= 4 is 21.9 Å².